The van der Waals surface area contributed by atoms with Crippen LogP contribution >= 0.6 is 15.9 Å². The molecule has 2 N–H and O–H groups in total. The van der Waals surface area contributed by atoms with Crippen molar-refractivity contribution < 1.29 is 9.53 Å². The van der Waals surface area contributed by atoms with Crippen LogP contribution < -0.4 is 15.4 Å². The first-order valence-corrected chi connectivity index (χ1v) is 8.31. The quantitative estimate of drug-likeness (QED) is 0.750. The van der Waals surface area contributed by atoms with E-state index in [9.17, 15) is 4.79 Å². The summed E-state index contributed by atoms with van der Waals surface area (Å²) >= 11 is 3.50. The number of rotatable bonds is 6. The molecule has 0 atom stereocenters. The Labute approximate surface area is 145 Å². The molecule has 0 aliphatic carbocycles. The highest BCUT2D eigenvalue weighted by molar-refractivity contribution is 9.10. The van der Waals surface area contributed by atoms with Crippen LogP contribution in [0.4, 0.5) is 4.79 Å². The van der Waals surface area contributed by atoms with Crippen molar-refractivity contribution in [1.29, 1.82) is 0 Å². The Kier molecular flexibility index (Phi) is 6.47. The van der Waals surface area contributed by atoms with Gasteiger partial charge in [-0.05, 0) is 49.1 Å². The van der Waals surface area contributed by atoms with Crippen LogP contribution in [0.25, 0.3) is 0 Å². The van der Waals surface area contributed by atoms with Crippen LogP contribution in [-0.2, 0) is 6.42 Å². The van der Waals surface area contributed by atoms with E-state index < -0.39 is 0 Å². The molecule has 0 heterocycles. The zero-order valence-corrected chi connectivity index (χ0v) is 14.9. The Morgan fingerprint density at radius 2 is 1.87 bits per heavy atom. The highest BCUT2D eigenvalue weighted by atomic mass is 79.9. The molecule has 0 aliphatic heterocycles. The maximum atomic E-state index is 11.7. The Morgan fingerprint density at radius 1 is 1.09 bits per heavy atom. The molecule has 0 unspecified atom stereocenters. The lowest BCUT2D eigenvalue weighted by molar-refractivity contribution is 0.224. The van der Waals surface area contributed by atoms with Crippen LogP contribution in [-0.4, -0.2) is 19.3 Å². The maximum absolute atomic E-state index is 11.7. The maximum Gasteiger partial charge on any atom is 0.317 e. The highest BCUT2D eigenvalue weighted by Crippen LogP contribution is 2.20. The van der Waals surface area contributed by atoms with Gasteiger partial charge in [-0.15, -0.1) is 0 Å². The van der Waals surface area contributed by atoms with Gasteiger partial charge in [-0.1, -0.05) is 46.3 Å². The van der Waals surface area contributed by atoms with E-state index in [0.29, 0.717) is 6.54 Å². The number of benzene rings is 2. The summed E-state index contributed by atoms with van der Waals surface area (Å²) in [7, 11) is 0. The number of hydrogen-bond donors (Lipinski definition) is 2. The van der Waals surface area contributed by atoms with Gasteiger partial charge in [-0.3, -0.25) is 0 Å². The molecule has 0 spiro atoms. The predicted octanol–water partition coefficient (Wildman–Crippen LogP) is 3.94. The number of halogens is 1. The summed E-state index contributed by atoms with van der Waals surface area (Å²) in [6.45, 7) is 4.75. The molecule has 4 nitrogen and oxygen atoms in total. The molecule has 0 saturated carbocycles. The van der Waals surface area contributed by atoms with Crippen molar-refractivity contribution in [2.75, 3.05) is 13.3 Å². The van der Waals surface area contributed by atoms with E-state index in [1.165, 1.54) is 11.1 Å². The van der Waals surface area contributed by atoms with Gasteiger partial charge in [0.2, 0.25) is 0 Å². The molecule has 23 heavy (non-hydrogen) atoms. The summed E-state index contributed by atoms with van der Waals surface area (Å²) in [5.74, 6) is 0.790. The number of carbonyl (C=O) groups is 1. The van der Waals surface area contributed by atoms with Crippen molar-refractivity contribution in [3.63, 3.8) is 0 Å². The van der Waals surface area contributed by atoms with E-state index in [4.69, 9.17) is 4.74 Å². The minimum atomic E-state index is -0.234. The fraction of sp³-hybridized carbons (Fsp3) is 0.278. The largest absolute Gasteiger partial charge is 0.473 e. The van der Waals surface area contributed by atoms with Gasteiger partial charge in [0.1, 0.15) is 5.75 Å². The van der Waals surface area contributed by atoms with Crippen molar-refractivity contribution in [3.05, 3.63) is 63.6 Å². The number of ether oxygens (including phenoxy) is 1. The fourth-order valence-electron chi connectivity index (χ4n) is 2.13. The van der Waals surface area contributed by atoms with E-state index >= 15 is 0 Å². The second-order valence-electron chi connectivity index (χ2n) is 5.26. The molecule has 0 radical (unpaired) electrons. The first-order chi connectivity index (χ1) is 11.1. The zero-order valence-electron chi connectivity index (χ0n) is 13.4. The molecule has 122 valence electrons. The standard InChI is InChI=1S/C18H21BrN2O2/c1-13-6-5-9-17(14(13)2)23-12-21-18(22)20-11-10-15-7-3-4-8-16(15)19/h3-9H,10-12H2,1-2H3,(H2,20,21,22). The number of urea groups is 1. The van der Waals surface area contributed by atoms with Crippen molar-refractivity contribution >= 4 is 22.0 Å². The van der Waals surface area contributed by atoms with Gasteiger partial charge in [-0.2, -0.15) is 0 Å². The number of carbonyl (C=O) groups excluding carboxylic acids is 1. The lowest BCUT2D eigenvalue weighted by atomic mass is 10.1. The van der Waals surface area contributed by atoms with Crippen molar-refractivity contribution in [3.8, 4) is 5.75 Å². The van der Waals surface area contributed by atoms with E-state index in [1.807, 2.05) is 56.3 Å². The minimum absolute atomic E-state index is 0.144. The molecule has 0 aromatic heterocycles. The topological polar surface area (TPSA) is 50.4 Å². The van der Waals surface area contributed by atoms with Gasteiger partial charge in [-0.25, -0.2) is 4.79 Å². The molecule has 0 bridgehead atoms. The van der Waals surface area contributed by atoms with Crippen molar-refractivity contribution in [1.82, 2.24) is 10.6 Å². The molecular weight excluding hydrogens is 356 g/mol. The summed E-state index contributed by atoms with van der Waals surface area (Å²) in [6.07, 6.45) is 0.771. The summed E-state index contributed by atoms with van der Waals surface area (Å²) in [5, 5.41) is 5.51. The monoisotopic (exact) mass is 376 g/mol. The van der Waals surface area contributed by atoms with Crippen LogP contribution in [0.5, 0.6) is 5.75 Å². The highest BCUT2D eigenvalue weighted by Gasteiger charge is 2.04. The Balaban J connectivity index is 1.69. The molecule has 0 fully saturated rings. The molecule has 2 aromatic carbocycles. The molecular formula is C18H21BrN2O2. The third-order valence-corrected chi connectivity index (χ3v) is 4.43. The van der Waals surface area contributed by atoms with Crippen molar-refractivity contribution in [2.45, 2.75) is 20.3 Å². The summed E-state index contributed by atoms with van der Waals surface area (Å²) in [6, 6.07) is 13.6. The minimum Gasteiger partial charge on any atom is -0.473 e. The lowest BCUT2D eigenvalue weighted by Crippen LogP contribution is -2.38. The normalized spacial score (nSPS) is 10.2. The third-order valence-electron chi connectivity index (χ3n) is 3.65. The molecule has 5 heteroatoms. The summed E-state index contributed by atoms with van der Waals surface area (Å²) in [4.78, 5) is 11.7. The average Bonchev–Trinajstić information content (AvgIpc) is 2.53. The molecule has 0 saturated heterocycles. The Bertz CT molecular complexity index is 674. The van der Waals surface area contributed by atoms with E-state index in [-0.39, 0.29) is 12.8 Å². The summed E-state index contributed by atoms with van der Waals surface area (Å²) in [5.41, 5.74) is 3.42. The first-order valence-electron chi connectivity index (χ1n) is 7.52. The molecule has 2 rings (SSSR count). The van der Waals surface area contributed by atoms with Gasteiger partial charge in [0, 0.05) is 11.0 Å². The lowest BCUT2D eigenvalue weighted by Gasteiger charge is -2.12. The van der Waals surface area contributed by atoms with Crippen LogP contribution in [0.2, 0.25) is 0 Å². The van der Waals surface area contributed by atoms with E-state index in [1.54, 1.807) is 0 Å². The van der Waals surface area contributed by atoms with Gasteiger partial charge in [0.15, 0.2) is 6.73 Å². The first kappa shape index (κ1) is 17.3. The predicted molar refractivity (Wildman–Crippen MR) is 95.8 cm³/mol. The van der Waals surface area contributed by atoms with E-state index in [0.717, 1.165) is 22.2 Å². The van der Waals surface area contributed by atoms with Gasteiger partial charge >= 0.3 is 6.03 Å². The molecule has 2 aromatic rings. The second-order valence-corrected chi connectivity index (χ2v) is 6.12. The number of hydrogen-bond acceptors (Lipinski definition) is 2. The van der Waals surface area contributed by atoms with Crippen LogP contribution in [0, 0.1) is 13.8 Å². The zero-order chi connectivity index (χ0) is 16.7. The second kappa shape index (κ2) is 8.58. The number of aryl methyl sites for hydroxylation is 1. The van der Waals surface area contributed by atoms with Crippen molar-refractivity contribution in [2.24, 2.45) is 0 Å². The Hall–Kier alpha value is -2.01. The smallest absolute Gasteiger partial charge is 0.317 e. The number of amides is 2. The fourth-order valence-corrected chi connectivity index (χ4v) is 2.62. The molecule has 0 aliphatic rings. The summed E-state index contributed by atoms with van der Waals surface area (Å²) < 4.78 is 6.65. The third kappa shape index (κ3) is 5.28. The van der Waals surface area contributed by atoms with Gasteiger partial charge in [0.25, 0.3) is 0 Å². The van der Waals surface area contributed by atoms with Gasteiger partial charge < -0.3 is 15.4 Å². The number of nitrogens with one attached hydrogen (secondary N) is 2. The van der Waals surface area contributed by atoms with Crippen LogP contribution in [0.15, 0.2) is 46.9 Å². The van der Waals surface area contributed by atoms with Gasteiger partial charge in [0.05, 0.1) is 0 Å². The van der Waals surface area contributed by atoms with E-state index in [2.05, 4.69) is 26.6 Å². The van der Waals surface area contributed by atoms with Crippen LogP contribution in [0.3, 0.4) is 0 Å². The SMILES string of the molecule is Cc1cccc(OCNC(=O)NCCc2ccccc2Br)c1C. The Morgan fingerprint density at radius 3 is 2.65 bits per heavy atom. The average molecular weight is 377 g/mol. The molecule has 2 amide bonds. The van der Waals surface area contributed by atoms with Crippen LogP contribution in [0.1, 0.15) is 16.7 Å².